The predicted molar refractivity (Wildman–Crippen MR) is 105 cm³/mol. The summed E-state index contributed by atoms with van der Waals surface area (Å²) in [4.78, 5) is 35.3. The van der Waals surface area contributed by atoms with Gasteiger partial charge in [-0.1, -0.05) is 27.2 Å². The first-order valence-corrected chi connectivity index (χ1v) is 9.43. The number of ether oxygens (including phenoxy) is 3. The Labute approximate surface area is 165 Å². The third kappa shape index (κ3) is 8.75. The zero-order chi connectivity index (χ0) is 20.9. The molecule has 0 fully saturated rings. The molecular formula is C20H30N2O6. The highest BCUT2D eigenvalue weighted by Gasteiger charge is 2.15. The molecule has 0 aromatic heterocycles. The van der Waals surface area contributed by atoms with E-state index in [2.05, 4.69) is 24.5 Å². The first kappa shape index (κ1) is 23.3. The summed E-state index contributed by atoms with van der Waals surface area (Å²) in [5.41, 5.74) is 0.216. The van der Waals surface area contributed by atoms with Crippen LogP contribution in [-0.4, -0.2) is 44.8 Å². The molecule has 0 radical (unpaired) electrons. The number of hydrogen-bond donors (Lipinski definition) is 2. The van der Waals surface area contributed by atoms with Gasteiger partial charge in [-0.15, -0.1) is 0 Å². The summed E-state index contributed by atoms with van der Waals surface area (Å²) in [7, 11) is 1.48. The van der Waals surface area contributed by atoms with E-state index in [-0.39, 0.29) is 5.56 Å². The molecule has 1 rings (SSSR count). The van der Waals surface area contributed by atoms with Crippen LogP contribution in [0.3, 0.4) is 0 Å². The van der Waals surface area contributed by atoms with Crippen molar-refractivity contribution in [3.05, 3.63) is 23.8 Å². The van der Waals surface area contributed by atoms with Crippen LogP contribution in [0.1, 0.15) is 50.4 Å². The molecule has 8 nitrogen and oxygen atoms in total. The molecule has 0 aliphatic rings. The van der Waals surface area contributed by atoms with Crippen molar-refractivity contribution in [3.63, 3.8) is 0 Å². The summed E-state index contributed by atoms with van der Waals surface area (Å²) >= 11 is 0. The van der Waals surface area contributed by atoms with Crippen LogP contribution in [0.2, 0.25) is 0 Å². The number of benzene rings is 1. The fraction of sp³-hybridized carbons (Fsp3) is 0.550. The average Bonchev–Trinajstić information content (AvgIpc) is 2.66. The molecule has 2 N–H and O–H groups in total. The fourth-order valence-electron chi connectivity index (χ4n) is 2.12. The molecule has 0 unspecified atom stereocenters. The monoisotopic (exact) mass is 394 g/mol. The molecule has 156 valence electrons. The van der Waals surface area contributed by atoms with E-state index in [1.165, 1.54) is 19.2 Å². The number of amides is 3. The summed E-state index contributed by atoms with van der Waals surface area (Å²) in [6, 6.07) is 4.03. The smallest absolute Gasteiger partial charge is 0.338 e. The maximum atomic E-state index is 12.1. The molecule has 0 atom stereocenters. The highest BCUT2D eigenvalue weighted by molar-refractivity contribution is 5.97. The third-order valence-corrected chi connectivity index (χ3v) is 3.76. The minimum absolute atomic E-state index is 0.216. The number of hydrogen-bond acceptors (Lipinski definition) is 6. The van der Waals surface area contributed by atoms with Gasteiger partial charge in [0, 0.05) is 6.54 Å². The normalized spacial score (nSPS) is 10.3. The van der Waals surface area contributed by atoms with E-state index in [1.54, 1.807) is 6.07 Å². The number of imide groups is 1. The molecule has 0 bridgehead atoms. The van der Waals surface area contributed by atoms with E-state index in [9.17, 15) is 14.4 Å². The van der Waals surface area contributed by atoms with Crippen molar-refractivity contribution in [1.82, 2.24) is 10.6 Å². The van der Waals surface area contributed by atoms with Crippen LogP contribution in [0.5, 0.6) is 11.5 Å². The second-order valence-electron chi connectivity index (χ2n) is 6.63. The lowest BCUT2D eigenvalue weighted by molar-refractivity contribution is -0.123. The Balaban J connectivity index is 2.52. The lowest BCUT2D eigenvalue weighted by Gasteiger charge is -2.13. The van der Waals surface area contributed by atoms with Crippen LogP contribution >= 0.6 is 0 Å². The molecule has 0 heterocycles. The number of carbonyl (C=O) groups is 3. The number of rotatable bonds is 11. The Morgan fingerprint density at radius 2 is 1.89 bits per heavy atom. The predicted octanol–water partition coefficient (Wildman–Crippen LogP) is 2.90. The number of esters is 1. The largest absolute Gasteiger partial charge is 0.493 e. The van der Waals surface area contributed by atoms with E-state index in [0.717, 1.165) is 19.3 Å². The summed E-state index contributed by atoms with van der Waals surface area (Å²) in [5, 5.41) is 4.64. The Morgan fingerprint density at radius 1 is 1.14 bits per heavy atom. The van der Waals surface area contributed by atoms with Gasteiger partial charge < -0.3 is 19.5 Å². The number of urea groups is 1. The van der Waals surface area contributed by atoms with Crippen LogP contribution in [0.25, 0.3) is 0 Å². The Bertz CT molecular complexity index is 660. The average molecular weight is 394 g/mol. The van der Waals surface area contributed by atoms with Gasteiger partial charge in [-0.05, 0) is 37.0 Å². The van der Waals surface area contributed by atoms with E-state index >= 15 is 0 Å². The Kier molecular flexibility index (Phi) is 10.5. The minimum atomic E-state index is -0.706. The lowest BCUT2D eigenvalue weighted by Crippen LogP contribution is -2.41. The maximum Gasteiger partial charge on any atom is 0.338 e. The third-order valence-electron chi connectivity index (χ3n) is 3.76. The zero-order valence-corrected chi connectivity index (χ0v) is 17.0. The van der Waals surface area contributed by atoms with Crippen LogP contribution < -0.4 is 20.1 Å². The first-order valence-electron chi connectivity index (χ1n) is 9.43. The first-order chi connectivity index (χ1) is 13.4. The van der Waals surface area contributed by atoms with Crippen LogP contribution in [0.15, 0.2) is 18.2 Å². The molecule has 0 saturated carbocycles. The van der Waals surface area contributed by atoms with Gasteiger partial charge in [0.25, 0.3) is 5.91 Å². The molecule has 0 saturated heterocycles. The molecule has 28 heavy (non-hydrogen) atoms. The summed E-state index contributed by atoms with van der Waals surface area (Å²) in [6.45, 7) is 6.65. The number of unbranched alkanes of at least 4 members (excludes halogenated alkanes) is 1. The van der Waals surface area contributed by atoms with E-state index < -0.39 is 24.5 Å². The van der Waals surface area contributed by atoms with E-state index in [0.29, 0.717) is 30.6 Å². The second-order valence-corrected chi connectivity index (χ2v) is 6.63. The van der Waals surface area contributed by atoms with Gasteiger partial charge in [0.1, 0.15) is 0 Å². The van der Waals surface area contributed by atoms with Gasteiger partial charge in [0.15, 0.2) is 18.1 Å². The Hall–Kier alpha value is -2.77. The molecule has 0 aliphatic carbocycles. The van der Waals surface area contributed by atoms with Crippen molar-refractivity contribution in [1.29, 1.82) is 0 Å². The molecule has 0 aliphatic heterocycles. The molecule has 3 amide bonds. The van der Waals surface area contributed by atoms with Gasteiger partial charge >= 0.3 is 12.0 Å². The standard InChI is InChI=1S/C20H30N2O6/c1-5-6-10-21-20(25)22-18(23)13-28-19(24)15-7-8-16(17(12-15)26-4)27-11-9-14(2)3/h7-8,12,14H,5-6,9-11,13H2,1-4H3,(H2,21,22,23,25). The molecule has 1 aromatic carbocycles. The Morgan fingerprint density at radius 3 is 2.54 bits per heavy atom. The van der Waals surface area contributed by atoms with Gasteiger partial charge in [-0.3, -0.25) is 10.1 Å². The fourth-order valence-corrected chi connectivity index (χ4v) is 2.12. The van der Waals surface area contributed by atoms with Crippen molar-refractivity contribution in [2.75, 3.05) is 26.9 Å². The zero-order valence-electron chi connectivity index (χ0n) is 17.0. The lowest BCUT2D eigenvalue weighted by atomic mass is 10.1. The molecule has 1 aromatic rings. The highest BCUT2D eigenvalue weighted by Crippen LogP contribution is 2.28. The van der Waals surface area contributed by atoms with Crippen LogP contribution in [0.4, 0.5) is 4.79 Å². The molecular weight excluding hydrogens is 364 g/mol. The van der Waals surface area contributed by atoms with Crippen molar-refractivity contribution in [2.45, 2.75) is 40.0 Å². The van der Waals surface area contributed by atoms with Crippen molar-refractivity contribution >= 4 is 17.9 Å². The van der Waals surface area contributed by atoms with Crippen LogP contribution in [0, 0.1) is 5.92 Å². The SMILES string of the molecule is CCCCNC(=O)NC(=O)COC(=O)c1ccc(OCCC(C)C)c(OC)c1. The quantitative estimate of drug-likeness (QED) is 0.442. The van der Waals surface area contributed by atoms with Gasteiger partial charge in [-0.2, -0.15) is 0 Å². The van der Waals surface area contributed by atoms with Gasteiger partial charge in [-0.25, -0.2) is 9.59 Å². The maximum absolute atomic E-state index is 12.1. The molecule has 0 spiro atoms. The van der Waals surface area contributed by atoms with Crippen molar-refractivity contribution in [2.24, 2.45) is 5.92 Å². The summed E-state index contributed by atoms with van der Waals surface area (Å²) < 4.78 is 15.9. The van der Waals surface area contributed by atoms with E-state index in [1.807, 2.05) is 6.92 Å². The number of carbonyl (C=O) groups excluding carboxylic acids is 3. The van der Waals surface area contributed by atoms with E-state index in [4.69, 9.17) is 14.2 Å². The van der Waals surface area contributed by atoms with Gasteiger partial charge in [0.05, 0.1) is 19.3 Å². The second kappa shape index (κ2) is 12.6. The summed E-state index contributed by atoms with van der Waals surface area (Å²) in [5.74, 6) is 0.0378. The number of nitrogens with one attached hydrogen (secondary N) is 2. The minimum Gasteiger partial charge on any atom is -0.493 e. The van der Waals surface area contributed by atoms with Crippen molar-refractivity contribution in [3.8, 4) is 11.5 Å². The molecule has 8 heteroatoms. The summed E-state index contributed by atoms with van der Waals surface area (Å²) in [6.07, 6.45) is 2.64. The van der Waals surface area contributed by atoms with Gasteiger partial charge in [0.2, 0.25) is 0 Å². The topological polar surface area (TPSA) is 103 Å². The number of methoxy groups -OCH3 is 1. The highest BCUT2D eigenvalue weighted by atomic mass is 16.5. The van der Waals surface area contributed by atoms with Crippen LogP contribution in [-0.2, 0) is 9.53 Å². The van der Waals surface area contributed by atoms with Crippen molar-refractivity contribution < 1.29 is 28.6 Å².